The summed E-state index contributed by atoms with van der Waals surface area (Å²) in [4.78, 5) is 11.2. The van der Waals surface area contributed by atoms with Gasteiger partial charge in [-0.05, 0) is 22.6 Å². The lowest BCUT2D eigenvalue weighted by atomic mass is 10.3. The van der Waals surface area contributed by atoms with E-state index in [1.54, 1.807) is 29.2 Å². The van der Waals surface area contributed by atoms with Crippen LogP contribution < -0.4 is 0 Å². The Labute approximate surface area is 85.6 Å². The second-order valence-corrected chi connectivity index (χ2v) is 1.52. The van der Waals surface area contributed by atoms with Crippen LogP contribution in [-0.4, -0.2) is 11.9 Å². The summed E-state index contributed by atoms with van der Waals surface area (Å²) in [5.74, 6) is 0.322. The molecule has 0 bridgehead atoms. The van der Waals surface area contributed by atoms with Gasteiger partial charge in [0.1, 0.15) is 12.5 Å². The van der Waals surface area contributed by atoms with E-state index in [4.69, 9.17) is 32.0 Å². The van der Waals surface area contributed by atoms with Crippen LogP contribution in [0.2, 0.25) is 0 Å². The number of carbonyl (C=O) groups is 1. The van der Waals surface area contributed by atoms with Crippen molar-refractivity contribution in [2.24, 2.45) is 0 Å². The molecule has 80 valence electrons. The normalized spacial score (nSPS) is 5.33. The maximum absolute atomic E-state index is 8.63. The number of phenolic OH excluding ortho intramolecular Hbond substituents is 1. The minimum absolute atomic E-state index is 0.322. The first-order valence-corrected chi connectivity index (χ1v) is 3.25. The highest BCUT2D eigenvalue weighted by Crippen LogP contribution is 2.02. The first-order valence-electron chi connectivity index (χ1n) is 3.25. The largest absolute Gasteiger partial charge is 0.508 e. The average molecular weight is 209 g/mol. The van der Waals surface area contributed by atoms with Crippen molar-refractivity contribution in [3.8, 4) is 5.75 Å². The Morgan fingerprint density at radius 3 is 1.53 bits per heavy atom. The number of rotatable bonds is 0. The fourth-order valence-corrected chi connectivity index (χ4v) is 0.428. The first-order chi connectivity index (χ1) is 7.22. The SMILES string of the molecule is C=O.Oc1ccccc1.[N-]=[N+]=N.[N-]=[N+]=[N-]. The van der Waals surface area contributed by atoms with Gasteiger partial charge < -0.3 is 21.0 Å². The zero-order valence-electron chi connectivity index (χ0n) is 7.69. The van der Waals surface area contributed by atoms with Crippen LogP contribution in [-0.2, 0) is 4.79 Å². The van der Waals surface area contributed by atoms with Gasteiger partial charge in [0.15, 0.2) is 0 Å². The Kier molecular flexibility index (Phi) is 27.2. The van der Waals surface area contributed by atoms with Crippen LogP contribution >= 0.6 is 0 Å². The fraction of sp³-hybridized carbons (Fsp3) is 0. The summed E-state index contributed by atoms with van der Waals surface area (Å²) < 4.78 is 0. The van der Waals surface area contributed by atoms with E-state index >= 15 is 0 Å². The van der Waals surface area contributed by atoms with Crippen molar-refractivity contribution in [2.75, 3.05) is 0 Å². The highest BCUT2D eigenvalue weighted by atomic mass is 16.3. The average Bonchev–Trinajstić information content (AvgIpc) is 2.24. The molecule has 0 amide bonds. The summed E-state index contributed by atoms with van der Waals surface area (Å²) in [6.07, 6.45) is 0. The number of hydrogen-bond donors (Lipinski definition) is 2. The number of benzene rings is 1. The second kappa shape index (κ2) is 22.5. The molecule has 8 nitrogen and oxygen atoms in total. The van der Waals surface area contributed by atoms with E-state index in [0.29, 0.717) is 5.75 Å². The van der Waals surface area contributed by atoms with Gasteiger partial charge in [0, 0.05) is 0 Å². The summed E-state index contributed by atoms with van der Waals surface area (Å²) in [5, 5.41) is 8.63. The van der Waals surface area contributed by atoms with Crippen molar-refractivity contribution in [2.45, 2.75) is 0 Å². The Bertz CT molecular complexity index is 278. The molecule has 0 atom stereocenters. The van der Waals surface area contributed by atoms with Gasteiger partial charge in [-0.2, -0.15) is 0 Å². The monoisotopic (exact) mass is 209 g/mol. The number of nitrogens with zero attached hydrogens (tertiary/aromatic N) is 5. The van der Waals surface area contributed by atoms with Gasteiger partial charge in [-0.15, -0.1) is 5.53 Å². The molecule has 0 radical (unpaired) electrons. The molecule has 0 spiro atoms. The Balaban J connectivity index is -0.000000154. The highest BCUT2D eigenvalue weighted by Gasteiger charge is 1.74. The molecule has 0 aliphatic carbocycles. The predicted molar refractivity (Wildman–Crippen MR) is 54.7 cm³/mol. The lowest BCUT2D eigenvalue weighted by Crippen LogP contribution is -1.56. The molecule has 8 heteroatoms. The summed E-state index contributed by atoms with van der Waals surface area (Å²) in [6.45, 7) is 2.00. The van der Waals surface area contributed by atoms with Crippen molar-refractivity contribution in [1.29, 1.82) is 5.53 Å². The van der Waals surface area contributed by atoms with Crippen LogP contribution in [0.1, 0.15) is 0 Å². The molecular formula is C7H9N6O2-. The molecule has 1 rings (SSSR count). The Morgan fingerprint density at radius 2 is 1.40 bits per heavy atom. The van der Waals surface area contributed by atoms with E-state index in [1.807, 2.05) is 12.9 Å². The Hall–Kier alpha value is -2.69. The third-order valence-electron chi connectivity index (χ3n) is 0.756. The van der Waals surface area contributed by atoms with Crippen molar-refractivity contribution in [3.05, 3.63) is 56.7 Å². The summed E-state index contributed by atoms with van der Waals surface area (Å²) >= 11 is 0. The van der Waals surface area contributed by atoms with Crippen LogP contribution in [0.5, 0.6) is 5.75 Å². The van der Waals surface area contributed by atoms with Gasteiger partial charge in [0.2, 0.25) is 0 Å². The summed E-state index contributed by atoms with van der Waals surface area (Å²) in [6, 6.07) is 8.71. The van der Waals surface area contributed by atoms with Crippen molar-refractivity contribution in [1.82, 2.24) is 0 Å². The molecule has 0 aromatic heterocycles. The predicted octanol–water partition coefficient (Wildman–Crippen LogP) is 2.95. The van der Waals surface area contributed by atoms with E-state index in [9.17, 15) is 0 Å². The lowest BCUT2D eigenvalue weighted by Gasteiger charge is -1.82. The van der Waals surface area contributed by atoms with E-state index in [1.165, 1.54) is 4.91 Å². The number of nitrogens with one attached hydrogen (secondary N) is 1. The second-order valence-electron chi connectivity index (χ2n) is 1.52. The first kappa shape index (κ1) is 18.2. The van der Waals surface area contributed by atoms with E-state index in [0.717, 1.165) is 0 Å². The molecule has 1 aromatic rings. The van der Waals surface area contributed by atoms with Gasteiger partial charge in [-0.25, -0.2) is 0 Å². The van der Waals surface area contributed by atoms with Crippen LogP contribution in [0.25, 0.3) is 26.4 Å². The molecule has 0 aliphatic heterocycles. The quantitative estimate of drug-likeness (QED) is 0.382. The maximum atomic E-state index is 8.63. The van der Waals surface area contributed by atoms with Crippen LogP contribution in [0.4, 0.5) is 0 Å². The topological polar surface area (TPSA) is 156 Å². The number of phenols is 1. The Morgan fingerprint density at radius 1 is 1.13 bits per heavy atom. The molecule has 0 fully saturated rings. The van der Waals surface area contributed by atoms with E-state index < -0.39 is 0 Å². The number of para-hydroxylation sites is 1. The molecule has 0 aliphatic rings. The van der Waals surface area contributed by atoms with Crippen LogP contribution in [0.3, 0.4) is 0 Å². The highest BCUT2D eigenvalue weighted by molar-refractivity contribution is 5.18. The number of carbonyl (C=O) groups excluding carboxylic acids is 1. The maximum Gasteiger partial charge on any atom is 0.115 e. The van der Waals surface area contributed by atoms with Crippen molar-refractivity contribution in [3.63, 3.8) is 0 Å². The van der Waals surface area contributed by atoms with Gasteiger partial charge in [0.05, 0.1) is 0 Å². The number of hydrogen-bond acceptors (Lipinski definition) is 3. The lowest BCUT2D eigenvalue weighted by molar-refractivity contribution is -0.0979. The summed E-state index contributed by atoms with van der Waals surface area (Å²) in [5.41, 5.74) is 25.8. The molecule has 0 heterocycles. The third kappa shape index (κ3) is 34.8. The minimum atomic E-state index is 0.322. The molecule has 0 saturated carbocycles. The fourth-order valence-electron chi connectivity index (χ4n) is 0.428. The van der Waals surface area contributed by atoms with Gasteiger partial charge in [-0.1, -0.05) is 18.2 Å². The van der Waals surface area contributed by atoms with Gasteiger partial charge >= 0.3 is 0 Å². The molecule has 15 heavy (non-hydrogen) atoms. The van der Waals surface area contributed by atoms with Crippen molar-refractivity contribution >= 4 is 6.79 Å². The zero-order valence-corrected chi connectivity index (χ0v) is 7.69. The standard InChI is InChI=1S/C6H6O.CH2O.HN3.N3/c7-6-4-2-1-3-5-6;1-2;2*1-3-2/h1-5,7H;1H2;1H;/q;;;-1. The van der Waals surface area contributed by atoms with Gasteiger partial charge in [0.25, 0.3) is 0 Å². The van der Waals surface area contributed by atoms with E-state index in [-0.39, 0.29) is 0 Å². The third-order valence-corrected chi connectivity index (χ3v) is 0.756. The zero-order chi connectivity index (χ0) is 12.5. The summed E-state index contributed by atoms with van der Waals surface area (Å²) in [7, 11) is 0. The molecule has 2 N–H and O–H groups in total. The molecular weight excluding hydrogens is 200 g/mol. The van der Waals surface area contributed by atoms with E-state index in [2.05, 4.69) is 0 Å². The molecule has 0 unspecified atom stereocenters. The van der Waals surface area contributed by atoms with Gasteiger partial charge in [-0.3, -0.25) is 4.91 Å². The molecule has 0 saturated heterocycles. The molecule has 1 aromatic carbocycles. The van der Waals surface area contributed by atoms with Crippen molar-refractivity contribution < 1.29 is 9.90 Å². The number of aromatic hydroxyl groups is 1. The minimum Gasteiger partial charge on any atom is -0.508 e. The smallest absolute Gasteiger partial charge is 0.115 e. The van der Waals surface area contributed by atoms with Crippen LogP contribution in [0, 0.1) is 5.53 Å². The van der Waals surface area contributed by atoms with Crippen LogP contribution in [0.15, 0.2) is 30.3 Å².